The molecule has 0 spiro atoms. The highest BCUT2D eigenvalue weighted by Crippen LogP contribution is 2.37. The summed E-state index contributed by atoms with van der Waals surface area (Å²) in [5, 5.41) is 0. The molecule has 0 heterocycles. The van der Waals surface area contributed by atoms with E-state index in [9.17, 15) is 43.2 Å². The molecule has 0 radical (unpaired) electrons. The Kier molecular flexibility index (Phi) is 8.07. The highest BCUT2D eigenvalue weighted by Gasteiger charge is 2.38. The molecule has 0 fully saturated rings. The Bertz CT molecular complexity index is 1290. The number of sulfonamides is 2. The maximum Gasteiger partial charge on any atom is 0.416 e. The van der Waals surface area contributed by atoms with E-state index in [1.807, 2.05) is 11.6 Å². The molecular weight excluding hydrogens is 522 g/mol. The molecule has 0 saturated carbocycles. The van der Waals surface area contributed by atoms with E-state index in [0.29, 0.717) is 11.1 Å². The molecule has 14 heteroatoms. The topological polar surface area (TPSA) is 92.3 Å². The lowest BCUT2D eigenvalue weighted by molar-refractivity contribution is -0.143. The maximum absolute atomic E-state index is 13.0. The lowest BCUT2D eigenvalue weighted by Crippen LogP contribution is -2.35. The number of hydrogen-bond acceptors (Lipinski definition) is 4. The molecular formula is C21H24F6N2O4S2. The fourth-order valence-electron chi connectivity index (χ4n) is 3.48. The number of hydrogen-bond donors (Lipinski definition) is 2. The molecule has 2 aromatic carbocycles. The normalized spacial score (nSPS) is 13.3. The minimum Gasteiger partial charge on any atom is -0.210 e. The predicted octanol–water partition coefficient (Wildman–Crippen LogP) is 4.52. The van der Waals surface area contributed by atoms with Crippen LogP contribution >= 0.6 is 0 Å². The second-order valence-electron chi connectivity index (χ2n) is 7.99. The van der Waals surface area contributed by atoms with Gasteiger partial charge in [-0.25, -0.2) is 26.3 Å². The van der Waals surface area contributed by atoms with Crippen molar-refractivity contribution in [3.63, 3.8) is 0 Å². The average Bonchev–Trinajstić information content (AvgIpc) is 2.72. The van der Waals surface area contributed by atoms with Crippen LogP contribution < -0.4 is 9.44 Å². The Morgan fingerprint density at radius 3 is 1.31 bits per heavy atom. The Labute approximate surface area is 199 Å². The van der Waals surface area contributed by atoms with Crippen molar-refractivity contribution >= 4 is 20.0 Å². The lowest BCUT2D eigenvalue weighted by Gasteiger charge is -2.19. The van der Waals surface area contributed by atoms with Crippen LogP contribution in [0.15, 0.2) is 28.0 Å². The smallest absolute Gasteiger partial charge is 0.210 e. The van der Waals surface area contributed by atoms with Crippen LogP contribution in [0.2, 0.25) is 0 Å². The first-order valence-corrected chi connectivity index (χ1v) is 13.0. The molecule has 0 atom stereocenters. The van der Waals surface area contributed by atoms with Crippen molar-refractivity contribution in [1.82, 2.24) is 9.44 Å². The van der Waals surface area contributed by atoms with Gasteiger partial charge in [-0.05, 0) is 80.6 Å². The minimum absolute atomic E-state index is 0.0219. The Balaban J connectivity index is 2.26. The number of rotatable bonds is 7. The van der Waals surface area contributed by atoms with Crippen molar-refractivity contribution in [2.24, 2.45) is 0 Å². The van der Waals surface area contributed by atoms with Crippen LogP contribution in [-0.2, 0) is 32.4 Å². The zero-order valence-electron chi connectivity index (χ0n) is 19.4. The SMILES string of the molecule is Cc1c(C)c(C)c(S(=O)(=O)NCCNS(=O)(=O)c2cc(C(F)(F)F)cc(C(F)(F)F)c2)c(C)c1C. The fourth-order valence-corrected chi connectivity index (χ4v) is 6.21. The minimum atomic E-state index is -5.22. The van der Waals surface area contributed by atoms with Gasteiger partial charge >= 0.3 is 12.4 Å². The van der Waals surface area contributed by atoms with Gasteiger partial charge in [0.1, 0.15) is 0 Å². The molecule has 0 bridgehead atoms. The molecule has 0 amide bonds. The predicted molar refractivity (Wildman–Crippen MR) is 117 cm³/mol. The van der Waals surface area contributed by atoms with Crippen LogP contribution in [0, 0.1) is 34.6 Å². The van der Waals surface area contributed by atoms with Gasteiger partial charge in [-0.2, -0.15) is 26.3 Å². The van der Waals surface area contributed by atoms with E-state index in [1.54, 1.807) is 27.7 Å². The van der Waals surface area contributed by atoms with Gasteiger partial charge in [0.2, 0.25) is 20.0 Å². The van der Waals surface area contributed by atoms with Crippen LogP contribution in [0.25, 0.3) is 0 Å². The zero-order valence-corrected chi connectivity index (χ0v) is 21.0. The summed E-state index contributed by atoms with van der Waals surface area (Å²) in [6.45, 7) is 7.48. The first-order valence-electron chi connectivity index (χ1n) is 10.1. The van der Waals surface area contributed by atoms with Gasteiger partial charge in [-0.1, -0.05) is 0 Å². The van der Waals surface area contributed by atoms with Gasteiger partial charge in [0.25, 0.3) is 0 Å². The number of benzene rings is 2. The third-order valence-electron chi connectivity index (χ3n) is 5.78. The highest BCUT2D eigenvalue weighted by atomic mass is 32.2. The van der Waals surface area contributed by atoms with Gasteiger partial charge in [-0.3, -0.25) is 0 Å². The van der Waals surface area contributed by atoms with E-state index in [-0.39, 0.29) is 23.1 Å². The summed E-state index contributed by atoms with van der Waals surface area (Å²) >= 11 is 0. The largest absolute Gasteiger partial charge is 0.416 e. The van der Waals surface area contributed by atoms with Gasteiger partial charge in [-0.15, -0.1) is 0 Å². The van der Waals surface area contributed by atoms with Crippen LogP contribution in [0.5, 0.6) is 0 Å². The first-order chi connectivity index (χ1) is 15.7. The van der Waals surface area contributed by atoms with Gasteiger partial charge < -0.3 is 0 Å². The summed E-state index contributed by atoms with van der Waals surface area (Å²) in [5.41, 5.74) is -0.122. The molecule has 2 rings (SSSR count). The Morgan fingerprint density at radius 2 is 0.943 bits per heavy atom. The van der Waals surface area contributed by atoms with Crippen molar-refractivity contribution in [3.05, 3.63) is 57.1 Å². The summed E-state index contributed by atoms with van der Waals surface area (Å²) in [6.07, 6.45) is -10.4. The first kappa shape index (κ1) is 29.1. The molecule has 0 saturated heterocycles. The second-order valence-corrected chi connectivity index (χ2v) is 11.5. The van der Waals surface area contributed by atoms with Crippen LogP contribution in [0.4, 0.5) is 26.3 Å². The molecule has 0 unspecified atom stereocenters. The molecule has 0 aliphatic rings. The van der Waals surface area contributed by atoms with Crippen molar-refractivity contribution in [1.29, 1.82) is 0 Å². The van der Waals surface area contributed by atoms with Crippen LogP contribution in [-0.4, -0.2) is 29.9 Å². The highest BCUT2D eigenvalue weighted by molar-refractivity contribution is 7.90. The Morgan fingerprint density at radius 1 is 0.600 bits per heavy atom. The van der Waals surface area contributed by atoms with E-state index in [2.05, 4.69) is 4.72 Å². The van der Waals surface area contributed by atoms with E-state index in [1.165, 1.54) is 0 Å². The van der Waals surface area contributed by atoms with Crippen molar-refractivity contribution in [2.75, 3.05) is 13.1 Å². The van der Waals surface area contributed by atoms with Crippen LogP contribution in [0.1, 0.15) is 38.9 Å². The van der Waals surface area contributed by atoms with E-state index in [4.69, 9.17) is 0 Å². The molecule has 0 aliphatic carbocycles. The quantitative estimate of drug-likeness (QED) is 0.395. The number of alkyl halides is 6. The summed E-state index contributed by atoms with van der Waals surface area (Å²) in [6, 6.07) is -0.0397. The number of nitrogens with one attached hydrogen (secondary N) is 2. The Hall–Kier alpha value is -2.16. The summed E-state index contributed by atoms with van der Waals surface area (Å²) in [4.78, 5) is -1.23. The van der Waals surface area contributed by atoms with Crippen molar-refractivity contribution in [3.8, 4) is 0 Å². The summed E-state index contributed by atoms with van der Waals surface area (Å²) < 4.78 is 133. The fraction of sp³-hybridized carbons (Fsp3) is 0.429. The average molecular weight is 547 g/mol. The lowest BCUT2D eigenvalue weighted by atomic mass is 9.95. The van der Waals surface area contributed by atoms with Crippen molar-refractivity contribution in [2.45, 2.75) is 56.8 Å². The van der Waals surface area contributed by atoms with Gasteiger partial charge in [0, 0.05) is 13.1 Å². The molecule has 0 aliphatic heterocycles. The third-order valence-corrected chi connectivity index (χ3v) is 8.96. The molecule has 2 aromatic rings. The van der Waals surface area contributed by atoms with Crippen LogP contribution in [0.3, 0.4) is 0 Å². The molecule has 6 nitrogen and oxygen atoms in total. The van der Waals surface area contributed by atoms with E-state index in [0.717, 1.165) is 16.7 Å². The van der Waals surface area contributed by atoms with Gasteiger partial charge in [0.05, 0.1) is 20.9 Å². The van der Waals surface area contributed by atoms with E-state index < -0.39 is 61.5 Å². The van der Waals surface area contributed by atoms with Gasteiger partial charge in [0.15, 0.2) is 0 Å². The molecule has 2 N–H and O–H groups in total. The molecule has 35 heavy (non-hydrogen) atoms. The maximum atomic E-state index is 13.0. The zero-order chi connectivity index (χ0) is 27.1. The summed E-state index contributed by atoms with van der Waals surface area (Å²) in [5.74, 6) is 0. The van der Waals surface area contributed by atoms with Crippen molar-refractivity contribution < 1.29 is 43.2 Å². The monoisotopic (exact) mass is 546 g/mol. The second kappa shape index (κ2) is 9.71. The molecule has 196 valence electrons. The third kappa shape index (κ3) is 6.35. The number of halogens is 6. The molecule has 0 aromatic heterocycles. The van der Waals surface area contributed by atoms with E-state index >= 15 is 0 Å². The standard InChI is InChI=1S/C21H24F6N2O4S2/c1-11-12(2)14(4)19(15(5)13(11)3)35(32,33)29-7-6-28-34(30,31)18-9-16(20(22,23)24)8-17(10-18)21(25,26)27/h8-10,28-29H,6-7H2,1-5H3. The summed E-state index contributed by atoms with van der Waals surface area (Å²) in [7, 11) is -8.93.